The van der Waals surface area contributed by atoms with Crippen molar-refractivity contribution in [2.75, 3.05) is 18.5 Å². The first kappa shape index (κ1) is 21.3. The molecule has 8 heteroatoms. The highest BCUT2D eigenvalue weighted by Crippen LogP contribution is 2.51. The zero-order chi connectivity index (χ0) is 21.6. The average molecular weight is 479 g/mol. The van der Waals surface area contributed by atoms with E-state index in [0.717, 1.165) is 36.1 Å². The summed E-state index contributed by atoms with van der Waals surface area (Å²) in [5.41, 5.74) is 2.88. The van der Waals surface area contributed by atoms with Crippen LogP contribution >= 0.6 is 23.2 Å². The van der Waals surface area contributed by atoms with E-state index >= 15 is 0 Å². The predicted molar refractivity (Wildman–Crippen MR) is 123 cm³/mol. The minimum Gasteiger partial charge on any atom is -0.378 e. The molecule has 4 unspecified atom stereocenters. The van der Waals surface area contributed by atoms with Crippen molar-refractivity contribution >= 4 is 38.9 Å². The van der Waals surface area contributed by atoms with Gasteiger partial charge < -0.3 is 10.1 Å². The molecule has 1 aliphatic carbocycles. The monoisotopic (exact) mass is 478 g/mol. The smallest absolute Gasteiger partial charge is 0.240 e. The van der Waals surface area contributed by atoms with Gasteiger partial charge in [-0.15, -0.1) is 0 Å². The van der Waals surface area contributed by atoms with Crippen LogP contribution in [0.25, 0.3) is 0 Å². The molecule has 0 spiro atoms. The van der Waals surface area contributed by atoms with Crippen LogP contribution in [-0.4, -0.2) is 27.7 Å². The van der Waals surface area contributed by atoms with Crippen molar-refractivity contribution in [1.82, 2.24) is 4.72 Å². The number of nitrogens with one attached hydrogen (secondary N) is 2. The number of anilines is 1. The Kier molecular flexibility index (Phi) is 5.78. The first-order chi connectivity index (χ1) is 14.9. The van der Waals surface area contributed by atoms with E-state index in [9.17, 15) is 8.42 Å². The molecule has 0 amide bonds. The lowest BCUT2D eigenvalue weighted by Gasteiger charge is -2.38. The fourth-order valence-corrected chi connectivity index (χ4v) is 6.43. The number of hydrogen-bond acceptors (Lipinski definition) is 4. The van der Waals surface area contributed by atoms with Gasteiger partial charge in [0.15, 0.2) is 0 Å². The summed E-state index contributed by atoms with van der Waals surface area (Å²) in [6.45, 7) is 1.00. The van der Waals surface area contributed by atoms with E-state index in [0.29, 0.717) is 23.2 Å². The summed E-state index contributed by atoms with van der Waals surface area (Å²) in [6.07, 6.45) is 7.04. The third-order valence-corrected chi connectivity index (χ3v) is 8.74. The van der Waals surface area contributed by atoms with E-state index in [1.165, 1.54) is 0 Å². The van der Waals surface area contributed by atoms with E-state index in [-0.39, 0.29) is 28.9 Å². The Morgan fingerprint density at radius 3 is 2.84 bits per heavy atom. The number of halogens is 2. The Hall–Kier alpha value is -1.57. The molecule has 1 saturated heterocycles. The molecule has 2 N–H and O–H groups in total. The highest BCUT2D eigenvalue weighted by atomic mass is 35.5. The predicted octanol–water partition coefficient (Wildman–Crippen LogP) is 5.28. The van der Waals surface area contributed by atoms with Gasteiger partial charge in [-0.25, -0.2) is 13.1 Å². The average Bonchev–Trinajstić information content (AvgIpc) is 3.46. The van der Waals surface area contributed by atoms with Gasteiger partial charge in [0.1, 0.15) is 0 Å². The normalized spacial score (nSPS) is 27.0. The lowest BCUT2D eigenvalue weighted by molar-refractivity contribution is 0.114. The molecule has 4 atom stereocenters. The molecule has 2 aromatic rings. The van der Waals surface area contributed by atoms with Gasteiger partial charge >= 0.3 is 0 Å². The fraction of sp³-hybridized carbons (Fsp3) is 0.391. The van der Waals surface area contributed by atoms with Crippen molar-refractivity contribution in [3.05, 3.63) is 69.7 Å². The molecular weight excluding hydrogens is 455 g/mol. The van der Waals surface area contributed by atoms with Crippen molar-refractivity contribution in [2.24, 2.45) is 5.92 Å². The van der Waals surface area contributed by atoms with Crippen LogP contribution in [0.5, 0.6) is 0 Å². The van der Waals surface area contributed by atoms with Crippen molar-refractivity contribution in [3.63, 3.8) is 0 Å². The molecule has 2 aromatic carbocycles. The van der Waals surface area contributed by atoms with E-state index in [2.05, 4.69) is 22.2 Å². The second-order valence-electron chi connectivity index (χ2n) is 8.35. The van der Waals surface area contributed by atoms with Crippen molar-refractivity contribution in [1.29, 1.82) is 0 Å². The van der Waals surface area contributed by atoms with Gasteiger partial charge in [-0.3, -0.25) is 0 Å². The molecule has 31 heavy (non-hydrogen) atoms. The number of allylic oxidation sites excluding steroid dienone is 2. The Morgan fingerprint density at radius 1 is 1.16 bits per heavy atom. The maximum absolute atomic E-state index is 12.9. The van der Waals surface area contributed by atoms with Gasteiger partial charge in [-0.2, -0.15) is 0 Å². The zero-order valence-electron chi connectivity index (χ0n) is 16.9. The molecule has 5 nitrogen and oxygen atoms in total. The van der Waals surface area contributed by atoms with Gasteiger partial charge in [-0.1, -0.05) is 47.5 Å². The molecule has 2 heterocycles. The Labute approximate surface area is 192 Å². The van der Waals surface area contributed by atoms with Crippen molar-refractivity contribution in [3.8, 4) is 0 Å². The number of fused-ring (bicyclic) bond motifs is 3. The number of ether oxygens (including phenoxy) is 1. The fourth-order valence-electron chi connectivity index (χ4n) is 4.90. The lowest BCUT2D eigenvalue weighted by atomic mass is 9.77. The van der Waals surface area contributed by atoms with Crippen LogP contribution in [0.3, 0.4) is 0 Å². The van der Waals surface area contributed by atoms with Gasteiger partial charge in [0, 0.05) is 24.8 Å². The summed E-state index contributed by atoms with van der Waals surface area (Å²) in [5.74, 6) is 0.353. The topological polar surface area (TPSA) is 67.4 Å². The minimum absolute atomic E-state index is 0.00111. The molecule has 0 radical (unpaired) electrons. The van der Waals surface area contributed by atoms with Crippen LogP contribution in [0.2, 0.25) is 10.0 Å². The van der Waals surface area contributed by atoms with Gasteiger partial charge in [-0.05, 0) is 60.6 Å². The molecular formula is C23H24Cl2N2O3S. The Bertz CT molecular complexity index is 1130. The van der Waals surface area contributed by atoms with E-state index < -0.39 is 10.0 Å². The van der Waals surface area contributed by atoms with E-state index in [1.807, 2.05) is 18.2 Å². The maximum Gasteiger partial charge on any atom is 0.240 e. The standard InChI is InChI=1S/C23H24Cl2N2O3S/c24-20-8-2-7-18(22(20)25)23-17-6-1-5-16(17)19-12-15(9-10-21(19)27-23)31(28,29)26-13-14-4-3-11-30-14/h1-2,5,7-10,12,14,16-17,23,26-27H,3-4,6,11,13H2. The molecule has 2 aliphatic heterocycles. The largest absolute Gasteiger partial charge is 0.378 e. The first-order valence-corrected chi connectivity index (χ1v) is 12.8. The van der Waals surface area contributed by atoms with Crippen LogP contribution in [0.15, 0.2) is 53.4 Å². The summed E-state index contributed by atoms with van der Waals surface area (Å²) < 4.78 is 34.0. The number of sulfonamides is 1. The van der Waals surface area contributed by atoms with Crippen LogP contribution in [-0.2, 0) is 14.8 Å². The summed E-state index contributed by atoms with van der Waals surface area (Å²) in [4.78, 5) is 0.282. The Balaban J connectivity index is 1.45. The molecule has 164 valence electrons. The molecule has 0 saturated carbocycles. The van der Waals surface area contributed by atoms with Gasteiger partial charge in [0.05, 0.1) is 27.1 Å². The second-order valence-corrected chi connectivity index (χ2v) is 10.9. The van der Waals surface area contributed by atoms with Crippen LogP contribution in [0.1, 0.15) is 42.3 Å². The number of rotatable bonds is 5. The Morgan fingerprint density at radius 2 is 2.03 bits per heavy atom. The number of hydrogen-bond donors (Lipinski definition) is 2. The van der Waals surface area contributed by atoms with Gasteiger partial charge in [0.2, 0.25) is 10.0 Å². The SMILES string of the molecule is O=S(=O)(NCC1CCCO1)c1ccc2c(c1)C1C=CCC1C(c1cccc(Cl)c1Cl)N2. The molecule has 3 aliphatic rings. The van der Waals surface area contributed by atoms with Crippen LogP contribution < -0.4 is 10.0 Å². The highest BCUT2D eigenvalue weighted by molar-refractivity contribution is 7.89. The molecule has 0 bridgehead atoms. The van der Waals surface area contributed by atoms with Crippen LogP contribution in [0.4, 0.5) is 5.69 Å². The first-order valence-electron chi connectivity index (χ1n) is 10.6. The maximum atomic E-state index is 12.9. The zero-order valence-corrected chi connectivity index (χ0v) is 19.2. The van der Waals surface area contributed by atoms with E-state index in [4.69, 9.17) is 27.9 Å². The van der Waals surface area contributed by atoms with Crippen LogP contribution in [0, 0.1) is 5.92 Å². The summed E-state index contributed by atoms with van der Waals surface area (Å²) in [5, 5.41) is 4.69. The summed E-state index contributed by atoms with van der Waals surface area (Å²) in [6, 6.07) is 11.0. The van der Waals surface area contributed by atoms with E-state index in [1.54, 1.807) is 18.2 Å². The third kappa shape index (κ3) is 4.00. The number of benzene rings is 2. The summed E-state index contributed by atoms with van der Waals surface area (Å²) >= 11 is 12.8. The van der Waals surface area contributed by atoms with Crippen molar-refractivity contribution in [2.45, 2.75) is 42.2 Å². The summed E-state index contributed by atoms with van der Waals surface area (Å²) in [7, 11) is -3.61. The highest BCUT2D eigenvalue weighted by Gasteiger charge is 2.39. The van der Waals surface area contributed by atoms with Crippen molar-refractivity contribution < 1.29 is 13.2 Å². The minimum atomic E-state index is -3.61. The molecule has 1 fully saturated rings. The third-order valence-electron chi connectivity index (χ3n) is 6.49. The second kappa shape index (κ2) is 8.41. The lowest BCUT2D eigenvalue weighted by Crippen LogP contribution is -2.32. The molecule has 0 aromatic heterocycles. The quantitative estimate of drug-likeness (QED) is 0.573. The molecule has 5 rings (SSSR count). The van der Waals surface area contributed by atoms with Gasteiger partial charge in [0.25, 0.3) is 0 Å².